The van der Waals surface area contributed by atoms with Gasteiger partial charge in [-0.1, -0.05) is 37.5 Å². The number of hydrogen-bond donors (Lipinski definition) is 2. The molecule has 3 amide bonds. The van der Waals surface area contributed by atoms with Gasteiger partial charge in [0, 0.05) is 30.8 Å². The van der Waals surface area contributed by atoms with Crippen LogP contribution < -0.4 is 15.4 Å². The molecular formula is C30H36FN3O5. The summed E-state index contributed by atoms with van der Waals surface area (Å²) < 4.78 is 26.1. The average Bonchev–Trinajstić information content (AvgIpc) is 2.95. The van der Waals surface area contributed by atoms with Gasteiger partial charge in [-0.05, 0) is 49.9 Å². The molecule has 0 unspecified atom stereocenters. The lowest BCUT2D eigenvalue weighted by Gasteiger charge is -2.42. The van der Waals surface area contributed by atoms with Crippen LogP contribution in [0.2, 0.25) is 0 Å². The number of nitrogens with zero attached hydrogens (tertiary/aromatic N) is 1. The first-order valence-corrected chi connectivity index (χ1v) is 13.9. The van der Waals surface area contributed by atoms with E-state index in [1.54, 1.807) is 48.3 Å². The van der Waals surface area contributed by atoms with E-state index in [-0.39, 0.29) is 61.2 Å². The maximum atomic E-state index is 13.8. The summed E-state index contributed by atoms with van der Waals surface area (Å²) >= 11 is 0. The summed E-state index contributed by atoms with van der Waals surface area (Å²) in [5.74, 6) is -0.302. The number of benzene rings is 2. The first-order valence-electron chi connectivity index (χ1n) is 13.9. The van der Waals surface area contributed by atoms with Gasteiger partial charge >= 0.3 is 0 Å². The Morgan fingerprint density at radius 3 is 2.64 bits per heavy atom. The van der Waals surface area contributed by atoms with Gasteiger partial charge < -0.3 is 25.0 Å². The third-order valence-electron chi connectivity index (χ3n) is 8.10. The van der Waals surface area contributed by atoms with Crippen LogP contribution in [-0.4, -0.2) is 54.5 Å². The molecule has 2 aromatic carbocycles. The number of carbonyl (C=O) groups excluding carboxylic acids is 3. The fraction of sp³-hybridized carbons (Fsp3) is 0.500. The molecule has 1 aliphatic carbocycles. The molecule has 1 saturated carbocycles. The van der Waals surface area contributed by atoms with Crippen LogP contribution in [0.15, 0.2) is 42.5 Å². The van der Waals surface area contributed by atoms with Crippen molar-refractivity contribution in [1.82, 2.24) is 10.2 Å². The van der Waals surface area contributed by atoms with Gasteiger partial charge in [0.15, 0.2) is 0 Å². The van der Waals surface area contributed by atoms with Gasteiger partial charge in [-0.15, -0.1) is 0 Å². The number of ether oxygens (including phenoxy) is 2. The molecule has 0 radical (unpaired) electrons. The first-order chi connectivity index (χ1) is 18.9. The van der Waals surface area contributed by atoms with Gasteiger partial charge in [0.05, 0.1) is 24.1 Å². The lowest BCUT2D eigenvalue weighted by Crippen LogP contribution is -2.53. The normalized spacial score (nSPS) is 23.5. The third-order valence-corrected chi connectivity index (χ3v) is 8.10. The molecule has 3 aliphatic rings. The Morgan fingerprint density at radius 2 is 1.85 bits per heavy atom. The molecule has 2 N–H and O–H groups in total. The molecule has 1 saturated heterocycles. The molecule has 0 spiro atoms. The zero-order valence-corrected chi connectivity index (χ0v) is 22.3. The Kier molecular flexibility index (Phi) is 8.45. The highest BCUT2D eigenvalue weighted by Crippen LogP contribution is 2.33. The summed E-state index contributed by atoms with van der Waals surface area (Å²) in [7, 11) is 1.76. The fourth-order valence-corrected chi connectivity index (χ4v) is 5.83. The molecule has 2 fully saturated rings. The molecule has 0 aromatic heterocycles. The third kappa shape index (κ3) is 6.41. The summed E-state index contributed by atoms with van der Waals surface area (Å²) in [6, 6.07) is 11.3. The number of likely N-dealkylation sites (N-methyl/N-ethyl adjacent to an activating group) is 1. The van der Waals surface area contributed by atoms with E-state index in [9.17, 15) is 18.8 Å². The van der Waals surface area contributed by atoms with Crippen molar-refractivity contribution in [3.63, 3.8) is 0 Å². The minimum absolute atomic E-state index is 0.00643. The van der Waals surface area contributed by atoms with Crippen LogP contribution in [0.3, 0.4) is 0 Å². The number of anilines is 1. The van der Waals surface area contributed by atoms with Crippen molar-refractivity contribution in [3.05, 3.63) is 59.4 Å². The highest BCUT2D eigenvalue weighted by molar-refractivity contribution is 6.00. The lowest BCUT2D eigenvalue weighted by molar-refractivity contribution is -0.134. The second-order valence-electron chi connectivity index (χ2n) is 10.8. The van der Waals surface area contributed by atoms with Crippen LogP contribution in [0, 0.1) is 11.7 Å². The molecule has 39 heavy (non-hydrogen) atoms. The van der Waals surface area contributed by atoms with Crippen molar-refractivity contribution in [2.24, 2.45) is 5.92 Å². The van der Waals surface area contributed by atoms with E-state index < -0.39 is 6.10 Å². The van der Waals surface area contributed by atoms with E-state index in [4.69, 9.17) is 9.47 Å². The van der Waals surface area contributed by atoms with Crippen molar-refractivity contribution in [3.8, 4) is 5.75 Å². The monoisotopic (exact) mass is 537 g/mol. The number of carbonyl (C=O) groups is 3. The standard InChI is InChI=1S/C30H36FN3O5/c1-34-25-13-12-22(16-28(35)32-17-20-9-5-6-10-24(20)31)39-27(25)18-38-26-14-11-21(15-23(26)30(34)37)33-29(36)19-7-3-2-4-8-19/h5-6,9-11,14-15,19,22,25,27H,2-4,7-8,12-13,16-18H2,1H3,(H,32,35)(H,33,36)/t22-,25+,27+/m1/s1. The van der Waals surface area contributed by atoms with Crippen molar-refractivity contribution in [2.45, 2.75) is 76.2 Å². The topological polar surface area (TPSA) is 97.0 Å². The number of hydrogen-bond acceptors (Lipinski definition) is 5. The van der Waals surface area contributed by atoms with E-state index in [1.807, 2.05) is 0 Å². The minimum Gasteiger partial charge on any atom is -0.490 e. The Labute approximate surface area is 228 Å². The van der Waals surface area contributed by atoms with E-state index in [0.717, 1.165) is 25.7 Å². The van der Waals surface area contributed by atoms with E-state index in [1.165, 1.54) is 12.5 Å². The van der Waals surface area contributed by atoms with Crippen molar-refractivity contribution < 1.29 is 28.2 Å². The van der Waals surface area contributed by atoms with Crippen LogP contribution in [0.4, 0.5) is 10.1 Å². The van der Waals surface area contributed by atoms with Crippen molar-refractivity contribution >= 4 is 23.4 Å². The molecule has 0 bridgehead atoms. The molecule has 5 rings (SSSR count). The summed E-state index contributed by atoms with van der Waals surface area (Å²) in [5.41, 5.74) is 1.43. The van der Waals surface area contributed by atoms with Crippen LogP contribution in [0.5, 0.6) is 5.75 Å². The second-order valence-corrected chi connectivity index (χ2v) is 10.8. The molecule has 2 aromatic rings. The number of fused-ring (bicyclic) bond motifs is 2. The predicted octanol–water partition coefficient (Wildman–Crippen LogP) is 4.43. The Balaban J connectivity index is 1.20. The molecule has 9 heteroatoms. The van der Waals surface area contributed by atoms with Crippen molar-refractivity contribution in [2.75, 3.05) is 19.0 Å². The van der Waals surface area contributed by atoms with Crippen LogP contribution in [-0.2, 0) is 20.9 Å². The predicted molar refractivity (Wildman–Crippen MR) is 144 cm³/mol. The Morgan fingerprint density at radius 1 is 1.05 bits per heavy atom. The number of rotatable bonds is 6. The molecule has 208 valence electrons. The molecule has 8 nitrogen and oxygen atoms in total. The van der Waals surface area contributed by atoms with Gasteiger partial charge in [-0.2, -0.15) is 0 Å². The summed E-state index contributed by atoms with van der Waals surface area (Å²) in [6.45, 7) is 0.348. The van der Waals surface area contributed by atoms with Gasteiger partial charge in [0.2, 0.25) is 11.8 Å². The van der Waals surface area contributed by atoms with Crippen molar-refractivity contribution in [1.29, 1.82) is 0 Å². The van der Waals surface area contributed by atoms with Crippen LogP contribution in [0.25, 0.3) is 0 Å². The zero-order valence-electron chi connectivity index (χ0n) is 22.3. The van der Waals surface area contributed by atoms with E-state index >= 15 is 0 Å². The summed E-state index contributed by atoms with van der Waals surface area (Å²) in [5, 5.41) is 5.75. The van der Waals surface area contributed by atoms with Crippen LogP contribution >= 0.6 is 0 Å². The highest BCUT2D eigenvalue weighted by atomic mass is 19.1. The van der Waals surface area contributed by atoms with Gasteiger partial charge in [0.25, 0.3) is 5.91 Å². The SMILES string of the molecule is CN1C(=O)c2cc(NC(=O)C3CCCCC3)ccc2OC[C@@H]2O[C@@H](CC(=O)NCc3ccccc3F)CC[C@@H]21. The zero-order chi connectivity index (χ0) is 27.4. The van der Waals surface area contributed by atoms with E-state index in [2.05, 4.69) is 10.6 Å². The van der Waals surface area contributed by atoms with Gasteiger partial charge in [0.1, 0.15) is 24.3 Å². The smallest absolute Gasteiger partial charge is 0.257 e. The Bertz CT molecular complexity index is 1210. The summed E-state index contributed by atoms with van der Waals surface area (Å²) in [4.78, 5) is 40.4. The lowest BCUT2D eigenvalue weighted by atomic mass is 9.88. The van der Waals surface area contributed by atoms with Gasteiger partial charge in [-0.3, -0.25) is 14.4 Å². The first kappa shape index (κ1) is 27.1. The molecular weight excluding hydrogens is 501 g/mol. The summed E-state index contributed by atoms with van der Waals surface area (Å²) in [6.07, 6.45) is 5.83. The minimum atomic E-state index is -0.393. The maximum absolute atomic E-state index is 13.8. The fourth-order valence-electron chi connectivity index (χ4n) is 5.83. The quantitative estimate of drug-likeness (QED) is 0.568. The number of amides is 3. The highest BCUT2D eigenvalue weighted by Gasteiger charge is 2.39. The molecule has 2 heterocycles. The molecule has 3 atom stereocenters. The second kappa shape index (κ2) is 12.2. The molecule has 2 aliphatic heterocycles. The number of halogens is 1. The number of nitrogens with one attached hydrogen (secondary N) is 2. The van der Waals surface area contributed by atoms with Gasteiger partial charge in [-0.25, -0.2) is 4.39 Å². The Hall–Kier alpha value is -3.46. The average molecular weight is 538 g/mol. The van der Waals surface area contributed by atoms with Crippen LogP contribution in [0.1, 0.15) is 67.3 Å². The van der Waals surface area contributed by atoms with E-state index in [0.29, 0.717) is 35.4 Å². The largest absolute Gasteiger partial charge is 0.490 e. The maximum Gasteiger partial charge on any atom is 0.257 e.